The Bertz CT molecular complexity index is 379. The summed E-state index contributed by atoms with van der Waals surface area (Å²) in [4.78, 5) is 0. The molecule has 0 aromatic heterocycles. The number of aromatic hydroxyl groups is 2. The van der Waals surface area contributed by atoms with Crippen LogP contribution in [0.3, 0.4) is 0 Å². The molecule has 0 heterocycles. The van der Waals surface area contributed by atoms with E-state index in [-0.39, 0.29) is 55.7 Å². The molecule has 0 radical (unpaired) electrons. The summed E-state index contributed by atoms with van der Waals surface area (Å²) in [5.74, 6) is 0.736. The number of halogens is 2. The van der Waals surface area contributed by atoms with Crippen molar-refractivity contribution in [3.63, 3.8) is 0 Å². The van der Waals surface area contributed by atoms with Gasteiger partial charge in [-0.15, -0.1) is 34.0 Å². The van der Waals surface area contributed by atoms with E-state index in [1.165, 1.54) is 0 Å². The van der Waals surface area contributed by atoms with Gasteiger partial charge in [-0.1, -0.05) is 36.4 Å². The normalized spacial score (nSPS) is 7.68. The van der Waals surface area contributed by atoms with Crippen LogP contribution in [-0.2, 0) is 21.7 Å². The minimum Gasteiger partial charge on any atom is -0.508 e. The van der Waals surface area contributed by atoms with Gasteiger partial charge in [0.2, 0.25) is 0 Å². The van der Waals surface area contributed by atoms with Gasteiger partial charge < -0.3 is 10.2 Å². The maximum atomic E-state index is 8.92. The Hall–Kier alpha value is -0.286. The molecule has 2 nitrogen and oxygen atoms in total. The fourth-order valence-electron chi connectivity index (χ4n) is 1.13. The molecule has 0 amide bonds. The number of rotatable bonds is 0. The zero-order chi connectivity index (χ0) is 12.0. The molecule has 0 spiro atoms. The van der Waals surface area contributed by atoms with Gasteiger partial charge in [0.1, 0.15) is 11.5 Å². The second kappa shape index (κ2) is 12.7. The van der Waals surface area contributed by atoms with E-state index >= 15 is 0 Å². The molecule has 19 heavy (non-hydrogen) atoms. The molecule has 0 aliphatic heterocycles. The summed E-state index contributed by atoms with van der Waals surface area (Å²) < 4.78 is 0. The van der Waals surface area contributed by atoms with E-state index in [9.17, 15) is 0 Å². The van der Waals surface area contributed by atoms with Crippen molar-refractivity contribution in [3.05, 3.63) is 59.7 Å². The minimum absolute atomic E-state index is 0. The van der Waals surface area contributed by atoms with Crippen molar-refractivity contribution in [2.75, 3.05) is 0 Å². The molecule has 5 heteroatoms. The third-order valence-electron chi connectivity index (χ3n) is 2.23. The first-order chi connectivity index (χ1) is 7.61. The molecule has 104 valence electrons. The van der Waals surface area contributed by atoms with Gasteiger partial charge in [-0.25, -0.2) is 0 Å². The number of hydrogen-bond donors (Lipinski definition) is 2. The van der Waals surface area contributed by atoms with Crippen molar-refractivity contribution < 1.29 is 31.9 Å². The molecule has 2 rings (SSSR count). The monoisotopic (exact) mass is 424 g/mol. The Morgan fingerprint density at radius 2 is 0.895 bits per heavy atom. The zero-order valence-corrected chi connectivity index (χ0v) is 15.8. The van der Waals surface area contributed by atoms with E-state index in [1.807, 2.05) is 50.2 Å². The Balaban J connectivity index is -0.000000233. The topological polar surface area (TPSA) is 40.5 Å². The standard InChI is InChI=1S/2C7H8O.2BrH.Ti/c2*1-6-4-2-3-5-7(6)8;;;/h2*2-5,8H,1H3;2*1H;. The number of aryl methyl sites for hydroxylation is 2. The maximum absolute atomic E-state index is 8.92. The third-order valence-corrected chi connectivity index (χ3v) is 2.23. The molecule has 0 aliphatic rings. The maximum Gasteiger partial charge on any atom is 0.118 e. The van der Waals surface area contributed by atoms with Gasteiger partial charge >= 0.3 is 0 Å². The van der Waals surface area contributed by atoms with E-state index in [2.05, 4.69) is 0 Å². The van der Waals surface area contributed by atoms with Crippen LogP contribution in [0.1, 0.15) is 11.1 Å². The summed E-state index contributed by atoms with van der Waals surface area (Å²) in [5, 5.41) is 17.8. The average molecular weight is 426 g/mol. The van der Waals surface area contributed by atoms with Crippen LogP contribution in [0, 0.1) is 13.8 Å². The van der Waals surface area contributed by atoms with Gasteiger partial charge in [-0.05, 0) is 37.1 Å². The summed E-state index contributed by atoms with van der Waals surface area (Å²) in [6, 6.07) is 14.5. The Morgan fingerprint density at radius 1 is 0.632 bits per heavy atom. The molecular weight excluding hydrogens is 408 g/mol. The van der Waals surface area contributed by atoms with Crippen molar-refractivity contribution in [3.8, 4) is 11.5 Å². The molecule has 0 saturated carbocycles. The Kier molecular flexibility index (Phi) is 15.9. The predicted molar refractivity (Wildman–Crippen MR) is 86.3 cm³/mol. The van der Waals surface area contributed by atoms with Crippen molar-refractivity contribution in [2.24, 2.45) is 0 Å². The van der Waals surface area contributed by atoms with Crippen molar-refractivity contribution >= 4 is 34.0 Å². The Labute approximate surface area is 150 Å². The summed E-state index contributed by atoms with van der Waals surface area (Å²) in [7, 11) is 0. The molecule has 0 bridgehead atoms. The number of hydrogen-bond acceptors (Lipinski definition) is 2. The number of phenolic OH excluding ortho intramolecular Hbond substituents is 2. The van der Waals surface area contributed by atoms with E-state index < -0.39 is 0 Å². The van der Waals surface area contributed by atoms with Crippen LogP contribution in [0.2, 0.25) is 0 Å². The van der Waals surface area contributed by atoms with Crippen molar-refractivity contribution in [1.82, 2.24) is 0 Å². The van der Waals surface area contributed by atoms with Crippen LogP contribution >= 0.6 is 34.0 Å². The summed E-state index contributed by atoms with van der Waals surface area (Å²) >= 11 is 0. The fraction of sp³-hybridized carbons (Fsp3) is 0.143. The summed E-state index contributed by atoms with van der Waals surface area (Å²) in [5.41, 5.74) is 1.85. The second-order valence-electron chi connectivity index (χ2n) is 3.57. The fourth-order valence-corrected chi connectivity index (χ4v) is 1.13. The molecule has 0 fully saturated rings. The van der Waals surface area contributed by atoms with Gasteiger partial charge in [0, 0.05) is 21.7 Å². The average Bonchev–Trinajstić information content (AvgIpc) is 2.28. The molecule has 2 aromatic rings. The van der Waals surface area contributed by atoms with Crippen LogP contribution in [0.25, 0.3) is 0 Å². The van der Waals surface area contributed by atoms with Crippen LogP contribution in [-0.4, -0.2) is 10.2 Å². The molecule has 2 aromatic carbocycles. The molecule has 2 N–H and O–H groups in total. The quantitative estimate of drug-likeness (QED) is 0.608. The zero-order valence-electron chi connectivity index (χ0n) is 10.8. The van der Waals surface area contributed by atoms with E-state index in [0.717, 1.165) is 11.1 Å². The summed E-state index contributed by atoms with van der Waals surface area (Å²) in [6.07, 6.45) is 0. The third kappa shape index (κ3) is 9.28. The number of benzene rings is 2. The van der Waals surface area contributed by atoms with E-state index in [4.69, 9.17) is 10.2 Å². The van der Waals surface area contributed by atoms with E-state index in [1.54, 1.807) is 12.1 Å². The Morgan fingerprint density at radius 3 is 1.05 bits per heavy atom. The van der Waals surface area contributed by atoms with Crippen LogP contribution in [0.15, 0.2) is 48.5 Å². The van der Waals surface area contributed by atoms with Crippen molar-refractivity contribution in [2.45, 2.75) is 13.8 Å². The van der Waals surface area contributed by atoms with Gasteiger partial charge in [0.15, 0.2) is 0 Å². The number of phenols is 2. The second-order valence-corrected chi connectivity index (χ2v) is 3.57. The first kappa shape index (κ1) is 23.8. The van der Waals surface area contributed by atoms with Gasteiger partial charge in [0.05, 0.1) is 0 Å². The molecule has 0 saturated heterocycles. The SMILES string of the molecule is Br.Br.Cc1ccccc1O.Cc1ccccc1O.[Ti]. The van der Waals surface area contributed by atoms with E-state index in [0.29, 0.717) is 11.5 Å². The molecule has 0 atom stereocenters. The van der Waals surface area contributed by atoms with Crippen LogP contribution in [0.4, 0.5) is 0 Å². The predicted octanol–water partition coefficient (Wildman–Crippen LogP) is 4.55. The molecule has 0 unspecified atom stereocenters. The molecule has 0 aliphatic carbocycles. The van der Waals surface area contributed by atoms with Crippen LogP contribution < -0.4 is 0 Å². The van der Waals surface area contributed by atoms with Gasteiger partial charge in [-0.3, -0.25) is 0 Å². The first-order valence-electron chi connectivity index (χ1n) is 5.10. The number of para-hydroxylation sites is 2. The van der Waals surface area contributed by atoms with Crippen molar-refractivity contribution in [1.29, 1.82) is 0 Å². The molecular formula is C14H18Br2O2Ti. The first-order valence-corrected chi connectivity index (χ1v) is 5.10. The summed E-state index contributed by atoms with van der Waals surface area (Å²) in [6.45, 7) is 3.74. The smallest absolute Gasteiger partial charge is 0.118 e. The van der Waals surface area contributed by atoms with Crippen LogP contribution in [0.5, 0.6) is 11.5 Å². The minimum atomic E-state index is 0. The van der Waals surface area contributed by atoms with Gasteiger partial charge in [0.25, 0.3) is 0 Å². The van der Waals surface area contributed by atoms with Gasteiger partial charge in [-0.2, -0.15) is 0 Å². The largest absolute Gasteiger partial charge is 0.508 e.